The molecule has 0 saturated heterocycles. The minimum Gasteiger partial charge on any atom is -0.389 e. The highest BCUT2D eigenvalue weighted by atomic mass is 79.9. The Balaban J connectivity index is 2.22. The van der Waals surface area contributed by atoms with Crippen LogP contribution in [-0.4, -0.2) is 4.99 Å². The normalized spacial score (nSPS) is 10.3. The Hall–Kier alpha value is -0.620. The summed E-state index contributed by atoms with van der Waals surface area (Å²) in [5, 5.41) is 5.91. The van der Waals surface area contributed by atoms with Crippen molar-refractivity contribution >= 4 is 61.8 Å². The maximum Gasteiger partial charge on any atom is 0.107 e. The van der Waals surface area contributed by atoms with Gasteiger partial charge >= 0.3 is 0 Å². The Kier molecular flexibility index (Phi) is 4.61. The van der Waals surface area contributed by atoms with Crippen molar-refractivity contribution < 1.29 is 0 Å². The number of nitrogens with one attached hydrogen (secondary N) is 1. The molecule has 0 unspecified atom stereocenters. The van der Waals surface area contributed by atoms with E-state index in [0.29, 0.717) is 22.1 Å². The topological polar surface area (TPSA) is 38.0 Å². The number of halogens is 2. The predicted octanol–water partition coefficient (Wildman–Crippen LogP) is 4.41. The molecule has 2 aromatic rings. The van der Waals surface area contributed by atoms with Crippen LogP contribution in [0.5, 0.6) is 0 Å². The zero-order chi connectivity index (χ0) is 13.1. The summed E-state index contributed by atoms with van der Waals surface area (Å²) < 4.78 is 1.10. The average Bonchev–Trinajstić information content (AvgIpc) is 2.71. The van der Waals surface area contributed by atoms with Crippen LogP contribution in [0, 0.1) is 0 Å². The molecule has 2 nitrogen and oxygen atoms in total. The minimum atomic E-state index is 0.299. The molecule has 0 spiro atoms. The maximum absolute atomic E-state index is 6.10. The molecule has 0 bridgehead atoms. The molecular formula is C12H10BrClN2S2. The van der Waals surface area contributed by atoms with E-state index in [4.69, 9.17) is 29.6 Å². The van der Waals surface area contributed by atoms with Gasteiger partial charge in [-0.25, -0.2) is 0 Å². The molecular weight excluding hydrogens is 352 g/mol. The van der Waals surface area contributed by atoms with Crippen molar-refractivity contribution in [1.82, 2.24) is 0 Å². The van der Waals surface area contributed by atoms with Gasteiger partial charge in [0.25, 0.3) is 0 Å². The Morgan fingerprint density at radius 1 is 1.44 bits per heavy atom. The Morgan fingerprint density at radius 3 is 2.83 bits per heavy atom. The molecule has 0 amide bonds. The first-order valence-electron chi connectivity index (χ1n) is 5.13. The zero-order valence-corrected chi connectivity index (χ0v) is 13.2. The molecule has 1 heterocycles. The van der Waals surface area contributed by atoms with Gasteiger partial charge < -0.3 is 11.1 Å². The fraction of sp³-hybridized carbons (Fsp3) is 0.0833. The van der Waals surface area contributed by atoms with E-state index in [1.54, 1.807) is 17.4 Å². The molecule has 94 valence electrons. The van der Waals surface area contributed by atoms with Gasteiger partial charge in [0.2, 0.25) is 0 Å². The molecule has 2 rings (SSSR count). The largest absolute Gasteiger partial charge is 0.389 e. The molecule has 0 fully saturated rings. The zero-order valence-electron chi connectivity index (χ0n) is 9.24. The van der Waals surface area contributed by atoms with E-state index >= 15 is 0 Å². The van der Waals surface area contributed by atoms with E-state index in [9.17, 15) is 0 Å². The Morgan fingerprint density at radius 2 is 2.22 bits per heavy atom. The third-order valence-electron chi connectivity index (χ3n) is 2.39. The van der Waals surface area contributed by atoms with Gasteiger partial charge in [0.15, 0.2) is 0 Å². The summed E-state index contributed by atoms with van der Waals surface area (Å²) in [6.45, 7) is 0.703. The standard InChI is InChI=1S/C12H10BrClN2S2/c13-7-4-5-18-10(7)6-16-9-3-1-2-8(14)11(9)12(15)17/h1-5,16H,6H2,(H2,15,17). The number of hydrogen-bond donors (Lipinski definition) is 2. The third kappa shape index (κ3) is 3.03. The molecule has 1 aromatic carbocycles. The average molecular weight is 362 g/mol. The van der Waals surface area contributed by atoms with E-state index in [2.05, 4.69) is 21.2 Å². The molecule has 0 aliphatic heterocycles. The lowest BCUT2D eigenvalue weighted by molar-refractivity contribution is 1.18. The van der Waals surface area contributed by atoms with Crippen molar-refractivity contribution in [3.05, 3.63) is 49.6 Å². The van der Waals surface area contributed by atoms with Crippen LogP contribution in [0.4, 0.5) is 5.69 Å². The van der Waals surface area contributed by atoms with Crippen molar-refractivity contribution in [3.8, 4) is 0 Å². The van der Waals surface area contributed by atoms with Crippen LogP contribution in [0.1, 0.15) is 10.4 Å². The highest BCUT2D eigenvalue weighted by Crippen LogP contribution is 2.27. The van der Waals surface area contributed by atoms with E-state index < -0.39 is 0 Å². The second-order valence-electron chi connectivity index (χ2n) is 3.57. The molecule has 0 aliphatic rings. The monoisotopic (exact) mass is 360 g/mol. The molecule has 0 saturated carbocycles. The van der Waals surface area contributed by atoms with Crippen molar-refractivity contribution in [3.63, 3.8) is 0 Å². The smallest absolute Gasteiger partial charge is 0.107 e. The lowest BCUT2D eigenvalue weighted by atomic mass is 10.1. The van der Waals surface area contributed by atoms with Crippen molar-refractivity contribution in [1.29, 1.82) is 0 Å². The number of thiophene rings is 1. The van der Waals surface area contributed by atoms with Crippen LogP contribution < -0.4 is 11.1 Å². The molecule has 0 radical (unpaired) electrons. The molecule has 3 N–H and O–H groups in total. The maximum atomic E-state index is 6.10. The van der Waals surface area contributed by atoms with Crippen LogP contribution >= 0.6 is 51.1 Å². The number of hydrogen-bond acceptors (Lipinski definition) is 3. The quantitative estimate of drug-likeness (QED) is 0.792. The third-order valence-corrected chi connectivity index (χ3v) is 4.84. The predicted molar refractivity (Wildman–Crippen MR) is 86.7 cm³/mol. The number of nitrogens with two attached hydrogens (primary N) is 1. The number of thiocarbonyl (C=S) groups is 1. The summed E-state index contributed by atoms with van der Waals surface area (Å²) in [5.74, 6) is 0. The van der Waals surface area contributed by atoms with Crippen molar-refractivity contribution in [2.75, 3.05) is 5.32 Å². The van der Waals surface area contributed by atoms with Crippen LogP contribution in [0.25, 0.3) is 0 Å². The van der Waals surface area contributed by atoms with Crippen molar-refractivity contribution in [2.45, 2.75) is 6.54 Å². The van der Waals surface area contributed by atoms with Gasteiger partial charge in [-0.1, -0.05) is 29.9 Å². The Bertz CT molecular complexity index is 583. The molecule has 18 heavy (non-hydrogen) atoms. The fourth-order valence-electron chi connectivity index (χ4n) is 1.55. The molecule has 1 aromatic heterocycles. The summed E-state index contributed by atoms with van der Waals surface area (Å²) in [6, 6.07) is 7.59. The van der Waals surface area contributed by atoms with E-state index in [-0.39, 0.29) is 0 Å². The lowest BCUT2D eigenvalue weighted by Crippen LogP contribution is -2.13. The second kappa shape index (κ2) is 6.02. The van der Waals surface area contributed by atoms with Crippen LogP contribution in [0.15, 0.2) is 34.1 Å². The highest BCUT2D eigenvalue weighted by Gasteiger charge is 2.10. The van der Waals surface area contributed by atoms with Gasteiger partial charge in [-0.15, -0.1) is 11.3 Å². The summed E-state index contributed by atoms with van der Waals surface area (Å²) in [5.41, 5.74) is 7.25. The summed E-state index contributed by atoms with van der Waals surface area (Å²) >= 11 is 16.3. The van der Waals surface area contributed by atoms with Gasteiger partial charge in [0, 0.05) is 15.0 Å². The van der Waals surface area contributed by atoms with Crippen LogP contribution in [0.2, 0.25) is 5.02 Å². The van der Waals surface area contributed by atoms with Gasteiger partial charge in [-0.05, 0) is 39.5 Å². The first-order valence-corrected chi connectivity index (χ1v) is 7.59. The highest BCUT2D eigenvalue weighted by molar-refractivity contribution is 9.10. The summed E-state index contributed by atoms with van der Waals surface area (Å²) in [6.07, 6.45) is 0. The number of anilines is 1. The molecule has 6 heteroatoms. The van der Waals surface area contributed by atoms with Crippen LogP contribution in [-0.2, 0) is 6.54 Å². The van der Waals surface area contributed by atoms with Gasteiger partial charge in [-0.2, -0.15) is 0 Å². The van der Waals surface area contributed by atoms with E-state index in [1.165, 1.54) is 4.88 Å². The summed E-state index contributed by atoms with van der Waals surface area (Å²) in [4.78, 5) is 1.51. The first-order chi connectivity index (χ1) is 8.59. The first kappa shape index (κ1) is 13.8. The number of rotatable bonds is 4. The molecule has 0 aliphatic carbocycles. The summed E-state index contributed by atoms with van der Waals surface area (Å²) in [7, 11) is 0. The fourth-order valence-corrected chi connectivity index (χ4v) is 3.53. The van der Waals surface area contributed by atoms with Gasteiger partial charge in [0.1, 0.15) is 4.99 Å². The minimum absolute atomic E-state index is 0.299. The lowest BCUT2D eigenvalue weighted by Gasteiger charge is -2.12. The SMILES string of the molecule is NC(=S)c1c(Cl)cccc1NCc1sccc1Br. The van der Waals surface area contributed by atoms with E-state index in [1.807, 2.05) is 23.6 Å². The van der Waals surface area contributed by atoms with Crippen molar-refractivity contribution in [2.24, 2.45) is 5.73 Å². The Labute approximate surface area is 128 Å². The molecule has 0 atom stereocenters. The van der Waals surface area contributed by atoms with Crippen LogP contribution in [0.3, 0.4) is 0 Å². The van der Waals surface area contributed by atoms with Gasteiger partial charge in [-0.3, -0.25) is 0 Å². The van der Waals surface area contributed by atoms with E-state index in [0.717, 1.165) is 10.2 Å². The second-order valence-corrected chi connectivity index (χ2v) is 6.27. The number of benzene rings is 1. The van der Waals surface area contributed by atoms with Gasteiger partial charge in [0.05, 0.1) is 17.1 Å².